The van der Waals surface area contributed by atoms with Crippen LogP contribution in [-0.2, 0) is 6.42 Å². The van der Waals surface area contributed by atoms with E-state index in [2.05, 4.69) is 59.9 Å². The van der Waals surface area contributed by atoms with Crippen LogP contribution in [0.15, 0.2) is 54.6 Å². The van der Waals surface area contributed by atoms with Crippen molar-refractivity contribution in [1.29, 1.82) is 0 Å². The molecule has 0 aliphatic carbocycles. The first-order chi connectivity index (χ1) is 9.90. The van der Waals surface area contributed by atoms with Gasteiger partial charge < -0.3 is 10.1 Å². The van der Waals surface area contributed by atoms with Gasteiger partial charge in [-0.1, -0.05) is 42.5 Å². The molecule has 2 N–H and O–H groups in total. The van der Waals surface area contributed by atoms with Crippen molar-refractivity contribution in [3.05, 3.63) is 65.7 Å². The summed E-state index contributed by atoms with van der Waals surface area (Å²) in [6.07, 6.45) is 3.59. The molecule has 2 nitrogen and oxygen atoms in total. The van der Waals surface area contributed by atoms with Crippen molar-refractivity contribution in [2.24, 2.45) is 0 Å². The summed E-state index contributed by atoms with van der Waals surface area (Å²) in [6.45, 7) is 2.09. The van der Waals surface area contributed by atoms with Crippen molar-refractivity contribution in [2.45, 2.75) is 25.3 Å². The zero-order chi connectivity index (χ0) is 13.6. The largest absolute Gasteiger partial charge is 0.487 e. The van der Waals surface area contributed by atoms with Crippen LogP contribution in [0, 0.1) is 0 Å². The highest BCUT2D eigenvalue weighted by molar-refractivity contribution is 5.31. The Bertz CT molecular complexity index is 515. The normalized spacial score (nSPS) is 18.1. The zero-order valence-corrected chi connectivity index (χ0v) is 11.8. The third-order valence-corrected chi connectivity index (χ3v) is 3.92. The van der Waals surface area contributed by atoms with Gasteiger partial charge in [0, 0.05) is 12.8 Å². The Balaban J connectivity index is 1.54. The second-order valence-corrected chi connectivity index (χ2v) is 5.54. The predicted molar refractivity (Wildman–Crippen MR) is 81.0 cm³/mol. The Morgan fingerprint density at radius 3 is 2.40 bits per heavy atom. The smallest absolute Gasteiger partial charge is 0.140 e. The number of benzene rings is 2. The Hall–Kier alpha value is -1.80. The van der Waals surface area contributed by atoms with Crippen LogP contribution < -0.4 is 10.1 Å². The first kappa shape index (κ1) is 13.2. The number of rotatable bonds is 5. The fraction of sp³-hybridized carbons (Fsp3) is 0.333. The summed E-state index contributed by atoms with van der Waals surface area (Å²) in [5, 5.41) is 2.39. The van der Waals surface area contributed by atoms with E-state index < -0.39 is 0 Å². The number of nitrogens with two attached hydrogens (primary N) is 1. The summed E-state index contributed by atoms with van der Waals surface area (Å²) in [5.74, 6) is 0.988. The van der Waals surface area contributed by atoms with Gasteiger partial charge in [0.05, 0.1) is 6.54 Å². The van der Waals surface area contributed by atoms with Crippen LogP contribution in [-0.4, -0.2) is 19.2 Å². The summed E-state index contributed by atoms with van der Waals surface area (Å²) in [7, 11) is 0. The molecule has 0 unspecified atom stereocenters. The minimum absolute atomic E-state index is 0.652. The van der Waals surface area contributed by atoms with Gasteiger partial charge in [0.25, 0.3) is 0 Å². The first-order valence-electron chi connectivity index (χ1n) is 7.49. The van der Waals surface area contributed by atoms with Crippen molar-refractivity contribution in [2.75, 3.05) is 13.2 Å². The average Bonchev–Trinajstić information content (AvgIpc) is 3.01. The molecule has 0 bridgehead atoms. The van der Waals surface area contributed by atoms with E-state index >= 15 is 0 Å². The average molecular weight is 268 g/mol. The summed E-state index contributed by atoms with van der Waals surface area (Å²) in [4.78, 5) is 0. The zero-order valence-electron chi connectivity index (χ0n) is 11.8. The summed E-state index contributed by atoms with van der Waals surface area (Å²) in [5.41, 5.74) is 2.68. The molecule has 104 valence electrons. The van der Waals surface area contributed by atoms with E-state index in [4.69, 9.17) is 4.74 Å². The lowest BCUT2D eigenvalue weighted by Gasteiger charge is -2.10. The Morgan fingerprint density at radius 1 is 0.950 bits per heavy atom. The lowest BCUT2D eigenvalue weighted by atomic mass is 10.1. The van der Waals surface area contributed by atoms with Crippen LogP contribution in [0.3, 0.4) is 0 Å². The third kappa shape index (κ3) is 3.61. The minimum Gasteiger partial charge on any atom is -0.487 e. The molecular formula is C18H22NO+. The van der Waals surface area contributed by atoms with Crippen molar-refractivity contribution in [3.63, 3.8) is 0 Å². The molecule has 0 aromatic heterocycles. The van der Waals surface area contributed by atoms with Crippen molar-refractivity contribution < 1.29 is 10.1 Å². The van der Waals surface area contributed by atoms with E-state index in [-0.39, 0.29) is 0 Å². The van der Waals surface area contributed by atoms with Gasteiger partial charge in [0.15, 0.2) is 0 Å². The van der Waals surface area contributed by atoms with E-state index in [1.54, 1.807) is 0 Å². The van der Waals surface area contributed by atoms with Gasteiger partial charge in [0.1, 0.15) is 18.4 Å². The lowest BCUT2D eigenvalue weighted by molar-refractivity contribution is -0.670. The van der Waals surface area contributed by atoms with Crippen molar-refractivity contribution in [1.82, 2.24) is 0 Å². The molecule has 2 heteroatoms. The Labute approximate surface area is 120 Å². The predicted octanol–water partition coefficient (Wildman–Crippen LogP) is 2.38. The van der Waals surface area contributed by atoms with Crippen LogP contribution in [0.5, 0.6) is 5.75 Å². The molecule has 1 aliphatic rings. The van der Waals surface area contributed by atoms with Gasteiger partial charge in [0.2, 0.25) is 0 Å². The monoisotopic (exact) mass is 268 g/mol. The van der Waals surface area contributed by atoms with E-state index in [0.29, 0.717) is 6.04 Å². The highest BCUT2D eigenvalue weighted by atomic mass is 16.5. The number of hydrogen-bond donors (Lipinski definition) is 1. The van der Waals surface area contributed by atoms with Gasteiger partial charge in [-0.2, -0.15) is 0 Å². The maximum atomic E-state index is 5.86. The molecule has 0 saturated carbocycles. The van der Waals surface area contributed by atoms with Crippen molar-refractivity contribution >= 4 is 0 Å². The lowest BCUT2D eigenvalue weighted by Crippen LogP contribution is -2.87. The molecule has 20 heavy (non-hydrogen) atoms. The number of hydrogen-bond acceptors (Lipinski definition) is 1. The second kappa shape index (κ2) is 6.58. The van der Waals surface area contributed by atoms with Crippen LogP contribution >= 0.6 is 0 Å². The van der Waals surface area contributed by atoms with E-state index in [0.717, 1.165) is 18.8 Å². The first-order valence-corrected chi connectivity index (χ1v) is 7.49. The molecule has 2 aromatic rings. The van der Waals surface area contributed by atoms with Gasteiger partial charge in [-0.05, 0) is 29.7 Å². The molecule has 0 spiro atoms. The number of quaternary nitrogens is 1. The van der Waals surface area contributed by atoms with E-state index in [1.807, 2.05) is 0 Å². The van der Waals surface area contributed by atoms with Crippen LogP contribution in [0.4, 0.5) is 0 Å². The second-order valence-electron chi connectivity index (χ2n) is 5.54. The van der Waals surface area contributed by atoms with E-state index in [1.165, 1.54) is 30.5 Å². The molecule has 3 rings (SSSR count). The van der Waals surface area contributed by atoms with Gasteiger partial charge in [-0.25, -0.2) is 0 Å². The summed E-state index contributed by atoms with van der Waals surface area (Å²) in [6, 6.07) is 19.7. The van der Waals surface area contributed by atoms with Crippen molar-refractivity contribution in [3.8, 4) is 5.75 Å². The minimum atomic E-state index is 0.652. The van der Waals surface area contributed by atoms with E-state index in [9.17, 15) is 0 Å². The SMILES string of the molecule is c1ccc(Cc2ccc(OC[C@H]3CCC[NH2+]3)cc2)cc1. The summed E-state index contributed by atoms with van der Waals surface area (Å²) < 4.78 is 5.86. The van der Waals surface area contributed by atoms with Gasteiger partial charge >= 0.3 is 0 Å². The van der Waals surface area contributed by atoms with Crippen LogP contribution in [0.2, 0.25) is 0 Å². The van der Waals surface area contributed by atoms with Crippen LogP contribution in [0.1, 0.15) is 24.0 Å². The maximum absolute atomic E-state index is 5.86. The molecule has 2 aromatic carbocycles. The standard InChI is InChI=1S/C18H21NO/c1-2-5-15(6-3-1)13-16-8-10-18(11-9-16)20-14-17-7-4-12-19-17/h1-3,5-6,8-11,17,19H,4,7,12-14H2/p+1/t17-/m1/s1. The third-order valence-electron chi connectivity index (χ3n) is 3.92. The number of ether oxygens (including phenoxy) is 1. The quantitative estimate of drug-likeness (QED) is 0.885. The Morgan fingerprint density at radius 2 is 1.70 bits per heavy atom. The maximum Gasteiger partial charge on any atom is 0.140 e. The highest BCUT2D eigenvalue weighted by Gasteiger charge is 2.18. The van der Waals surface area contributed by atoms with Gasteiger partial charge in [-0.15, -0.1) is 0 Å². The summed E-state index contributed by atoms with van der Waals surface area (Å²) >= 11 is 0. The fourth-order valence-electron chi connectivity index (χ4n) is 2.74. The Kier molecular flexibility index (Phi) is 4.34. The molecule has 1 saturated heterocycles. The molecule has 0 amide bonds. The molecule has 1 fully saturated rings. The molecule has 1 aliphatic heterocycles. The van der Waals surface area contributed by atoms with Gasteiger partial charge in [-0.3, -0.25) is 0 Å². The molecule has 1 atom stereocenters. The fourth-order valence-corrected chi connectivity index (χ4v) is 2.74. The molecule has 0 radical (unpaired) electrons. The topological polar surface area (TPSA) is 25.8 Å². The van der Waals surface area contributed by atoms with Crippen LogP contribution in [0.25, 0.3) is 0 Å². The highest BCUT2D eigenvalue weighted by Crippen LogP contribution is 2.15. The molecular weight excluding hydrogens is 246 g/mol. The molecule has 1 heterocycles.